The van der Waals surface area contributed by atoms with E-state index < -0.39 is 0 Å². The number of rotatable bonds is 7. The van der Waals surface area contributed by atoms with Gasteiger partial charge in [0.1, 0.15) is 5.75 Å². The number of nitrogens with two attached hydrogens (primary N) is 1. The van der Waals surface area contributed by atoms with Gasteiger partial charge < -0.3 is 15.8 Å². The number of amides is 1. The molecule has 1 saturated carbocycles. The Morgan fingerprint density at radius 1 is 1.45 bits per heavy atom. The predicted octanol–water partition coefficient (Wildman–Crippen LogP) is 2.03. The lowest BCUT2D eigenvalue weighted by Gasteiger charge is -2.15. The fraction of sp³-hybridized carbons (Fsp3) is 0.533. The fourth-order valence-corrected chi connectivity index (χ4v) is 2.86. The van der Waals surface area contributed by atoms with Crippen LogP contribution in [0.2, 0.25) is 0 Å². The molecule has 0 bridgehead atoms. The first-order valence-corrected chi connectivity index (χ1v) is 7.82. The highest BCUT2D eigenvalue weighted by Crippen LogP contribution is 2.31. The van der Waals surface area contributed by atoms with Crippen LogP contribution in [0.1, 0.15) is 19.8 Å². The first kappa shape index (κ1) is 15.2. The van der Waals surface area contributed by atoms with Gasteiger partial charge in [0.05, 0.1) is 12.4 Å². The minimum absolute atomic E-state index is 0.0434. The van der Waals surface area contributed by atoms with E-state index >= 15 is 0 Å². The van der Waals surface area contributed by atoms with Gasteiger partial charge in [-0.3, -0.25) is 4.79 Å². The Morgan fingerprint density at radius 3 is 2.65 bits per heavy atom. The number of ether oxygens (including phenoxy) is 1. The third-order valence-corrected chi connectivity index (χ3v) is 4.59. The minimum atomic E-state index is -0.130. The molecule has 1 aromatic carbocycles. The molecule has 1 aliphatic carbocycles. The van der Waals surface area contributed by atoms with Crippen molar-refractivity contribution in [1.82, 2.24) is 5.32 Å². The smallest absolute Gasteiger partial charge is 0.233 e. The lowest BCUT2D eigenvalue weighted by molar-refractivity contribution is -0.120. The van der Waals surface area contributed by atoms with Gasteiger partial charge in [0.25, 0.3) is 0 Å². The van der Waals surface area contributed by atoms with Crippen molar-refractivity contribution in [3.05, 3.63) is 24.3 Å². The highest BCUT2D eigenvalue weighted by atomic mass is 32.2. The van der Waals surface area contributed by atoms with Gasteiger partial charge in [-0.15, -0.1) is 11.8 Å². The van der Waals surface area contributed by atoms with Crippen LogP contribution >= 0.6 is 11.8 Å². The van der Waals surface area contributed by atoms with E-state index in [0.29, 0.717) is 12.5 Å². The number of hydrogen-bond donors (Lipinski definition) is 2. The molecule has 4 nitrogen and oxygen atoms in total. The number of thioether (sulfide) groups is 1. The second-order valence-corrected chi connectivity index (χ2v) is 6.60. The summed E-state index contributed by atoms with van der Waals surface area (Å²) in [4.78, 5) is 13.1. The van der Waals surface area contributed by atoms with Gasteiger partial charge in [-0.25, -0.2) is 0 Å². The first-order chi connectivity index (χ1) is 9.60. The van der Waals surface area contributed by atoms with Gasteiger partial charge in [0.15, 0.2) is 0 Å². The quantitative estimate of drug-likeness (QED) is 0.755. The molecule has 1 aromatic rings. The highest BCUT2D eigenvalue weighted by Gasteiger charge is 2.28. The molecule has 0 heterocycles. The van der Waals surface area contributed by atoms with Crippen LogP contribution in [0.15, 0.2) is 29.2 Å². The molecule has 0 aliphatic heterocycles. The number of carbonyl (C=O) groups is 1. The molecule has 0 spiro atoms. The Morgan fingerprint density at radius 2 is 2.10 bits per heavy atom. The molecule has 2 atom stereocenters. The Hall–Kier alpha value is -1.20. The maximum absolute atomic E-state index is 12.0. The second kappa shape index (κ2) is 6.99. The zero-order chi connectivity index (χ0) is 14.5. The Balaban J connectivity index is 1.77. The molecule has 110 valence electrons. The molecule has 2 rings (SSSR count). The van der Waals surface area contributed by atoms with Crippen molar-refractivity contribution in [1.29, 1.82) is 0 Å². The van der Waals surface area contributed by atoms with Gasteiger partial charge >= 0.3 is 0 Å². The molecule has 2 unspecified atom stereocenters. The van der Waals surface area contributed by atoms with E-state index in [2.05, 4.69) is 5.32 Å². The number of methoxy groups -OCH3 is 1. The highest BCUT2D eigenvalue weighted by molar-refractivity contribution is 8.00. The SMILES string of the molecule is COc1ccc(SC(C)C(=O)NCC(N)C2CC2)cc1. The second-order valence-electron chi connectivity index (χ2n) is 5.18. The third-order valence-electron chi connectivity index (χ3n) is 3.48. The summed E-state index contributed by atoms with van der Waals surface area (Å²) >= 11 is 1.54. The summed E-state index contributed by atoms with van der Waals surface area (Å²) in [6.07, 6.45) is 2.40. The Kier molecular flexibility index (Phi) is 5.31. The van der Waals surface area contributed by atoms with E-state index in [-0.39, 0.29) is 17.2 Å². The lowest BCUT2D eigenvalue weighted by Crippen LogP contribution is -2.41. The molecule has 1 amide bonds. The molecule has 1 aliphatic rings. The summed E-state index contributed by atoms with van der Waals surface area (Å²) in [7, 11) is 1.64. The average Bonchev–Trinajstić information content (AvgIpc) is 3.29. The van der Waals surface area contributed by atoms with E-state index in [9.17, 15) is 4.79 Å². The van der Waals surface area contributed by atoms with Gasteiger partial charge in [-0.1, -0.05) is 0 Å². The number of carbonyl (C=O) groups excluding carboxylic acids is 1. The van der Waals surface area contributed by atoms with Gasteiger partial charge in [0, 0.05) is 17.5 Å². The van der Waals surface area contributed by atoms with Crippen molar-refractivity contribution >= 4 is 17.7 Å². The monoisotopic (exact) mass is 294 g/mol. The average molecular weight is 294 g/mol. The normalized spacial score (nSPS) is 17.4. The predicted molar refractivity (Wildman–Crippen MR) is 82.0 cm³/mol. The minimum Gasteiger partial charge on any atom is -0.497 e. The molecule has 20 heavy (non-hydrogen) atoms. The zero-order valence-electron chi connectivity index (χ0n) is 12.0. The van der Waals surface area contributed by atoms with Gasteiger partial charge in [-0.2, -0.15) is 0 Å². The summed E-state index contributed by atoms with van der Waals surface area (Å²) in [6.45, 7) is 2.49. The van der Waals surface area contributed by atoms with Crippen LogP contribution in [-0.2, 0) is 4.79 Å². The first-order valence-electron chi connectivity index (χ1n) is 6.94. The molecule has 0 radical (unpaired) electrons. The molecular weight excluding hydrogens is 272 g/mol. The standard InChI is InChI=1S/C15H22N2O2S/c1-10(15(18)17-9-14(16)11-3-4-11)20-13-7-5-12(19-2)6-8-13/h5-8,10-11,14H,3-4,9,16H2,1-2H3,(H,17,18). The molecule has 0 aromatic heterocycles. The van der Waals surface area contributed by atoms with E-state index in [1.807, 2.05) is 31.2 Å². The van der Waals surface area contributed by atoms with Crippen molar-refractivity contribution in [2.24, 2.45) is 11.7 Å². The van der Waals surface area contributed by atoms with Crippen molar-refractivity contribution in [2.75, 3.05) is 13.7 Å². The maximum Gasteiger partial charge on any atom is 0.233 e. The summed E-state index contributed by atoms with van der Waals surface area (Å²) in [5, 5.41) is 2.81. The molecule has 0 saturated heterocycles. The van der Waals surface area contributed by atoms with Crippen LogP contribution in [0.25, 0.3) is 0 Å². The van der Waals surface area contributed by atoms with Crippen molar-refractivity contribution < 1.29 is 9.53 Å². The van der Waals surface area contributed by atoms with Crippen LogP contribution in [0.4, 0.5) is 0 Å². The topological polar surface area (TPSA) is 64.3 Å². The van der Waals surface area contributed by atoms with Crippen molar-refractivity contribution in [3.8, 4) is 5.75 Å². The van der Waals surface area contributed by atoms with Crippen molar-refractivity contribution in [2.45, 2.75) is 36.0 Å². The van der Waals surface area contributed by atoms with E-state index in [1.165, 1.54) is 24.6 Å². The van der Waals surface area contributed by atoms with Gasteiger partial charge in [0.2, 0.25) is 5.91 Å². The molecular formula is C15H22N2O2S. The third kappa shape index (κ3) is 4.42. The maximum atomic E-state index is 12.0. The summed E-state index contributed by atoms with van der Waals surface area (Å²) < 4.78 is 5.11. The molecule has 5 heteroatoms. The van der Waals surface area contributed by atoms with Gasteiger partial charge in [-0.05, 0) is 49.9 Å². The Labute approximate surface area is 124 Å². The van der Waals surface area contributed by atoms with Crippen LogP contribution in [0, 0.1) is 5.92 Å². The summed E-state index contributed by atoms with van der Waals surface area (Å²) in [5.74, 6) is 1.48. The number of nitrogens with one attached hydrogen (secondary N) is 1. The number of benzene rings is 1. The zero-order valence-corrected chi connectivity index (χ0v) is 12.8. The van der Waals surface area contributed by atoms with Crippen LogP contribution in [-0.4, -0.2) is 30.9 Å². The van der Waals surface area contributed by atoms with E-state index in [0.717, 1.165) is 10.6 Å². The van der Waals surface area contributed by atoms with Crippen LogP contribution in [0.3, 0.4) is 0 Å². The van der Waals surface area contributed by atoms with Crippen LogP contribution in [0.5, 0.6) is 5.75 Å². The summed E-state index contributed by atoms with van der Waals surface area (Å²) in [6, 6.07) is 7.83. The van der Waals surface area contributed by atoms with E-state index in [1.54, 1.807) is 7.11 Å². The van der Waals surface area contributed by atoms with Crippen molar-refractivity contribution in [3.63, 3.8) is 0 Å². The molecule has 1 fully saturated rings. The Bertz CT molecular complexity index is 446. The van der Waals surface area contributed by atoms with Crippen LogP contribution < -0.4 is 15.8 Å². The summed E-state index contributed by atoms with van der Waals surface area (Å²) in [5.41, 5.74) is 5.98. The lowest BCUT2D eigenvalue weighted by atomic mass is 10.2. The largest absolute Gasteiger partial charge is 0.497 e. The fourth-order valence-electron chi connectivity index (χ4n) is 1.97. The number of hydrogen-bond acceptors (Lipinski definition) is 4. The van der Waals surface area contributed by atoms with E-state index in [4.69, 9.17) is 10.5 Å². The molecule has 3 N–H and O–H groups in total.